The molecule has 2 rings (SSSR count). The Morgan fingerprint density at radius 1 is 1.52 bits per heavy atom. The Bertz CT molecular complexity index is 603. The monoisotopic (exact) mass is 293 g/mol. The first-order chi connectivity index (χ1) is 9.93. The molecule has 7 heteroatoms. The molecule has 21 heavy (non-hydrogen) atoms. The lowest BCUT2D eigenvalue weighted by atomic mass is 10.0. The van der Waals surface area contributed by atoms with E-state index in [0.29, 0.717) is 18.3 Å². The van der Waals surface area contributed by atoms with Gasteiger partial charge in [0.1, 0.15) is 11.5 Å². The van der Waals surface area contributed by atoms with Crippen LogP contribution in [0.5, 0.6) is 0 Å². The fourth-order valence-corrected chi connectivity index (χ4v) is 2.37. The molecule has 1 aliphatic heterocycles. The molecule has 0 bridgehead atoms. The van der Waals surface area contributed by atoms with Gasteiger partial charge < -0.3 is 0 Å². The van der Waals surface area contributed by atoms with Crippen LogP contribution in [0.1, 0.15) is 34.5 Å². The highest BCUT2D eigenvalue weighted by Gasteiger charge is 2.30. The predicted molar refractivity (Wildman–Crippen MR) is 72.0 cm³/mol. The number of hydrogen-bond acceptors (Lipinski definition) is 5. The average molecular weight is 293 g/mol. The Kier molecular flexibility index (Phi) is 4.42. The van der Waals surface area contributed by atoms with Gasteiger partial charge in [-0.3, -0.25) is 29.6 Å². The van der Waals surface area contributed by atoms with Crippen LogP contribution in [0.2, 0.25) is 0 Å². The van der Waals surface area contributed by atoms with E-state index >= 15 is 0 Å². The van der Waals surface area contributed by atoms with Gasteiger partial charge in [0.2, 0.25) is 11.8 Å². The fraction of sp³-hybridized carbons (Fsp3) is 0.429. The zero-order valence-corrected chi connectivity index (χ0v) is 11.9. The van der Waals surface area contributed by atoms with Crippen molar-refractivity contribution in [3.63, 3.8) is 0 Å². The molecule has 1 aromatic rings. The Labute approximate surface area is 121 Å². The molecule has 1 aromatic heterocycles. The molecule has 1 fully saturated rings. The quantitative estimate of drug-likeness (QED) is 0.649. The maximum atomic E-state index is 14.2. The van der Waals surface area contributed by atoms with Crippen LogP contribution in [-0.4, -0.2) is 41.1 Å². The molecule has 1 aliphatic rings. The number of imide groups is 1. The number of carbonyl (C=O) groups excluding carboxylic acids is 3. The summed E-state index contributed by atoms with van der Waals surface area (Å²) >= 11 is 0. The first-order valence-corrected chi connectivity index (χ1v) is 6.57. The van der Waals surface area contributed by atoms with Crippen molar-refractivity contribution < 1.29 is 18.8 Å². The number of likely N-dealkylation sites (N-methyl/N-ethyl adjacent to an activating group) is 1. The van der Waals surface area contributed by atoms with Crippen molar-refractivity contribution in [3.05, 3.63) is 28.8 Å². The Morgan fingerprint density at radius 2 is 2.24 bits per heavy atom. The number of aldehydes is 1. The smallest absolute Gasteiger partial charge is 0.243 e. The number of halogens is 1. The number of rotatable bonds is 4. The van der Waals surface area contributed by atoms with Gasteiger partial charge in [-0.15, -0.1) is 0 Å². The van der Waals surface area contributed by atoms with E-state index in [2.05, 4.69) is 10.3 Å². The second kappa shape index (κ2) is 6.09. The van der Waals surface area contributed by atoms with E-state index in [1.165, 1.54) is 6.20 Å². The second-order valence-electron chi connectivity index (χ2n) is 5.12. The highest BCUT2D eigenvalue weighted by Crippen LogP contribution is 2.19. The van der Waals surface area contributed by atoms with Gasteiger partial charge in [-0.2, -0.15) is 0 Å². The molecule has 2 amide bonds. The van der Waals surface area contributed by atoms with Crippen LogP contribution in [0.3, 0.4) is 0 Å². The summed E-state index contributed by atoms with van der Waals surface area (Å²) < 4.78 is 14.2. The summed E-state index contributed by atoms with van der Waals surface area (Å²) in [6.45, 7) is 1.63. The number of nitrogens with one attached hydrogen (secondary N) is 1. The Balaban J connectivity index is 2.21. The van der Waals surface area contributed by atoms with Crippen LogP contribution < -0.4 is 5.32 Å². The first-order valence-electron chi connectivity index (χ1n) is 6.57. The van der Waals surface area contributed by atoms with Crippen LogP contribution in [0.4, 0.5) is 4.39 Å². The molecule has 1 atom stereocenters. The van der Waals surface area contributed by atoms with Crippen molar-refractivity contribution in [2.45, 2.75) is 32.4 Å². The third-order valence-electron chi connectivity index (χ3n) is 3.58. The van der Waals surface area contributed by atoms with E-state index < -0.39 is 17.8 Å². The van der Waals surface area contributed by atoms with Crippen molar-refractivity contribution in [3.8, 4) is 0 Å². The number of aromatic nitrogens is 1. The number of pyridine rings is 1. The van der Waals surface area contributed by atoms with Gasteiger partial charge in [-0.25, -0.2) is 4.39 Å². The van der Waals surface area contributed by atoms with E-state index in [-0.39, 0.29) is 30.1 Å². The molecule has 6 nitrogen and oxygen atoms in total. The Morgan fingerprint density at radius 3 is 2.86 bits per heavy atom. The standard InChI is InChI=1S/C14H16FN3O3/c1-8-5-16-10(7-19)9(13(8)15)6-18(2)11-3-4-12(20)17-14(11)21/h5,7,11H,3-4,6H2,1-2H3,(H,17,20,21). The Hall–Kier alpha value is -2.15. The maximum Gasteiger partial charge on any atom is 0.243 e. The SMILES string of the molecule is Cc1cnc(C=O)c(CN(C)C2CCC(=O)NC2=O)c1F. The van der Waals surface area contributed by atoms with Crippen LogP contribution in [0.15, 0.2) is 6.20 Å². The van der Waals surface area contributed by atoms with Gasteiger partial charge in [0, 0.05) is 30.3 Å². The number of aryl methyl sites for hydroxylation is 1. The molecule has 0 saturated carbocycles. The highest BCUT2D eigenvalue weighted by atomic mass is 19.1. The van der Waals surface area contributed by atoms with Crippen LogP contribution in [0, 0.1) is 12.7 Å². The summed E-state index contributed by atoms with van der Waals surface area (Å²) in [6.07, 6.45) is 2.42. The topological polar surface area (TPSA) is 79.4 Å². The van der Waals surface area contributed by atoms with E-state index in [1.807, 2.05) is 0 Å². The molecule has 0 aliphatic carbocycles. The van der Waals surface area contributed by atoms with Crippen molar-refractivity contribution in [2.24, 2.45) is 0 Å². The number of hydrogen-bond donors (Lipinski definition) is 1. The minimum absolute atomic E-state index is 0.0252. The number of nitrogens with zero attached hydrogens (tertiary/aromatic N) is 2. The molecule has 1 unspecified atom stereocenters. The van der Waals surface area contributed by atoms with Gasteiger partial charge in [0.15, 0.2) is 6.29 Å². The second-order valence-corrected chi connectivity index (χ2v) is 5.12. The van der Waals surface area contributed by atoms with Gasteiger partial charge in [-0.1, -0.05) is 0 Å². The molecule has 112 valence electrons. The normalized spacial score (nSPS) is 18.8. The molecular weight excluding hydrogens is 277 g/mol. The molecule has 0 aromatic carbocycles. The third-order valence-corrected chi connectivity index (χ3v) is 3.58. The minimum Gasteiger partial charge on any atom is -0.296 e. The van der Waals surface area contributed by atoms with Gasteiger partial charge in [0.25, 0.3) is 0 Å². The zero-order valence-electron chi connectivity index (χ0n) is 11.9. The predicted octanol–water partition coefficient (Wildman–Crippen LogP) is 0.579. The summed E-state index contributed by atoms with van der Waals surface area (Å²) in [5.41, 5.74) is 0.529. The van der Waals surface area contributed by atoms with Crippen molar-refractivity contribution in [1.29, 1.82) is 0 Å². The summed E-state index contributed by atoms with van der Waals surface area (Å²) in [4.78, 5) is 39.4. The van der Waals surface area contributed by atoms with Crippen LogP contribution in [-0.2, 0) is 16.1 Å². The lowest BCUT2D eigenvalue weighted by Crippen LogP contribution is -2.51. The number of amides is 2. The average Bonchev–Trinajstić information content (AvgIpc) is 2.44. The molecule has 1 saturated heterocycles. The van der Waals surface area contributed by atoms with E-state index in [9.17, 15) is 18.8 Å². The minimum atomic E-state index is -0.526. The van der Waals surface area contributed by atoms with Crippen molar-refractivity contribution in [1.82, 2.24) is 15.2 Å². The van der Waals surface area contributed by atoms with Crippen molar-refractivity contribution in [2.75, 3.05) is 7.05 Å². The van der Waals surface area contributed by atoms with E-state index in [4.69, 9.17) is 0 Å². The molecular formula is C14H16FN3O3. The lowest BCUT2D eigenvalue weighted by molar-refractivity contribution is -0.137. The van der Waals surface area contributed by atoms with Crippen molar-refractivity contribution >= 4 is 18.1 Å². The van der Waals surface area contributed by atoms with Crippen LogP contribution in [0.25, 0.3) is 0 Å². The maximum absolute atomic E-state index is 14.2. The lowest BCUT2D eigenvalue weighted by Gasteiger charge is -2.30. The summed E-state index contributed by atoms with van der Waals surface area (Å²) in [6, 6.07) is -0.526. The highest BCUT2D eigenvalue weighted by molar-refractivity contribution is 6.00. The van der Waals surface area contributed by atoms with Gasteiger partial charge in [0.05, 0.1) is 6.04 Å². The van der Waals surface area contributed by atoms with Gasteiger partial charge >= 0.3 is 0 Å². The zero-order chi connectivity index (χ0) is 15.6. The molecule has 0 spiro atoms. The van der Waals surface area contributed by atoms with Gasteiger partial charge in [-0.05, 0) is 20.4 Å². The summed E-state index contributed by atoms with van der Waals surface area (Å²) in [5, 5.41) is 2.25. The largest absolute Gasteiger partial charge is 0.296 e. The first kappa shape index (κ1) is 15.2. The third kappa shape index (κ3) is 3.13. The molecule has 0 radical (unpaired) electrons. The van der Waals surface area contributed by atoms with E-state index in [0.717, 1.165) is 0 Å². The molecule has 1 N–H and O–H groups in total. The number of piperidine rings is 1. The fourth-order valence-electron chi connectivity index (χ4n) is 2.37. The number of carbonyl (C=O) groups is 3. The summed E-state index contributed by atoms with van der Waals surface area (Å²) in [7, 11) is 1.65. The summed E-state index contributed by atoms with van der Waals surface area (Å²) in [5.74, 6) is -1.20. The van der Waals surface area contributed by atoms with Crippen LogP contribution >= 0.6 is 0 Å². The van der Waals surface area contributed by atoms with E-state index in [1.54, 1.807) is 18.9 Å². The molecule has 2 heterocycles.